The predicted molar refractivity (Wildman–Crippen MR) is 98.9 cm³/mol. The summed E-state index contributed by atoms with van der Waals surface area (Å²) in [5.41, 5.74) is 2.06. The van der Waals surface area contributed by atoms with Crippen LogP contribution in [0.2, 0.25) is 0 Å². The molecule has 0 spiro atoms. The van der Waals surface area contributed by atoms with Crippen LogP contribution < -0.4 is 0 Å². The van der Waals surface area contributed by atoms with E-state index in [0.717, 1.165) is 20.2 Å². The van der Waals surface area contributed by atoms with E-state index in [0.29, 0.717) is 0 Å². The lowest BCUT2D eigenvalue weighted by Gasteiger charge is -1.94. The van der Waals surface area contributed by atoms with E-state index in [2.05, 4.69) is 54.0 Å². The van der Waals surface area contributed by atoms with E-state index >= 15 is 0 Å². The average molecular weight is 416 g/mol. The van der Waals surface area contributed by atoms with Crippen LogP contribution in [0.5, 0.6) is 0 Å². The number of fused-ring (bicyclic) bond motifs is 2. The van der Waals surface area contributed by atoms with Gasteiger partial charge in [0.1, 0.15) is 9.21 Å². The average Bonchev–Trinajstić information content (AvgIpc) is 2.55. The van der Waals surface area contributed by atoms with Crippen LogP contribution in [0.3, 0.4) is 0 Å². The van der Waals surface area contributed by atoms with Crippen molar-refractivity contribution in [3.05, 3.63) is 82.0 Å². The molecule has 0 aliphatic rings. The molecule has 0 aliphatic heterocycles. The fraction of sp³-hybridized carbons (Fsp3) is 0. The summed E-state index contributed by atoms with van der Waals surface area (Å²) in [5, 5.41) is 2.35. The first kappa shape index (κ1) is 15.1. The van der Waals surface area contributed by atoms with Crippen molar-refractivity contribution >= 4 is 53.7 Å². The van der Waals surface area contributed by atoms with Crippen molar-refractivity contribution in [2.24, 2.45) is 0 Å². The van der Waals surface area contributed by atoms with Gasteiger partial charge in [-0.2, -0.15) is 0 Å². The van der Waals surface area contributed by atoms with Crippen LogP contribution in [-0.4, -0.2) is 9.97 Å². The molecule has 2 aromatic heterocycles. The smallest absolute Gasteiger partial charge is 0.106 e. The van der Waals surface area contributed by atoms with Gasteiger partial charge in [-0.15, -0.1) is 0 Å². The van der Waals surface area contributed by atoms with Gasteiger partial charge in [-0.25, -0.2) is 9.97 Å². The quantitative estimate of drug-likeness (QED) is 0.329. The molecule has 2 heterocycles. The highest BCUT2D eigenvalue weighted by Crippen LogP contribution is 2.15. The molecule has 0 saturated heterocycles. The maximum absolute atomic E-state index is 4.29. The van der Waals surface area contributed by atoms with E-state index in [4.69, 9.17) is 0 Å². The Bertz CT molecular complexity index is 845. The predicted octanol–water partition coefficient (Wildman–Crippen LogP) is 5.99. The summed E-state index contributed by atoms with van der Waals surface area (Å²) in [6, 6.07) is 24.1. The van der Waals surface area contributed by atoms with E-state index in [1.807, 2.05) is 60.7 Å². The summed E-state index contributed by atoms with van der Waals surface area (Å²) in [6.07, 6.45) is 0. The van der Waals surface area contributed by atoms with Gasteiger partial charge >= 0.3 is 0 Å². The zero-order chi connectivity index (χ0) is 15.4. The van der Waals surface area contributed by atoms with Gasteiger partial charge in [0, 0.05) is 10.8 Å². The third kappa shape index (κ3) is 3.70. The number of hydrogen-bond donors (Lipinski definition) is 0. The summed E-state index contributed by atoms with van der Waals surface area (Å²) in [7, 11) is 0. The number of hydrogen-bond acceptors (Lipinski definition) is 2. The highest BCUT2D eigenvalue weighted by Gasteiger charge is 1.93. The van der Waals surface area contributed by atoms with Crippen molar-refractivity contribution in [3.8, 4) is 0 Å². The summed E-state index contributed by atoms with van der Waals surface area (Å²) >= 11 is 6.64. The molecule has 0 saturated carbocycles. The van der Waals surface area contributed by atoms with Crippen LogP contribution in [0.4, 0.5) is 0 Å². The largest absolute Gasteiger partial charge is 0.241 e. The molecular weight excluding hydrogens is 404 g/mol. The molecule has 4 heteroatoms. The number of aromatic nitrogens is 2. The van der Waals surface area contributed by atoms with Crippen molar-refractivity contribution in [2.75, 3.05) is 0 Å². The summed E-state index contributed by atoms with van der Waals surface area (Å²) in [6.45, 7) is 0. The summed E-state index contributed by atoms with van der Waals surface area (Å²) in [5.74, 6) is 0. The molecule has 22 heavy (non-hydrogen) atoms. The van der Waals surface area contributed by atoms with Crippen LogP contribution >= 0.6 is 31.9 Å². The Morgan fingerprint density at radius 1 is 0.500 bits per heavy atom. The minimum Gasteiger partial charge on any atom is -0.241 e. The van der Waals surface area contributed by atoms with Gasteiger partial charge < -0.3 is 0 Å². The first-order valence-electron chi connectivity index (χ1n) is 6.75. The van der Waals surface area contributed by atoms with Crippen molar-refractivity contribution in [2.45, 2.75) is 0 Å². The van der Waals surface area contributed by atoms with Crippen molar-refractivity contribution in [3.63, 3.8) is 0 Å². The lowest BCUT2D eigenvalue weighted by atomic mass is 10.2. The first-order chi connectivity index (χ1) is 10.7. The fourth-order valence-electron chi connectivity index (χ4n) is 2.08. The molecule has 108 valence electrons. The second-order valence-electron chi connectivity index (χ2n) is 4.65. The maximum atomic E-state index is 4.29. The van der Waals surface area contributed by atoms with Crippen molar-refractivity contribution in [1.29, 1.82) is 0 Å². The molecule has 4 aromatic rings. The molecule has 0 bridgehead atoms. The zero-order valence-corrected chi connectivity index (χ0v) is 14.8. The normalized spacial score (nSPS) is 10.3. The first-order valence-corrected chi connectivity index (χ1v) is 8.33. The Labute approximate surface area is 145 Å². The summed E-state index contributed by atoms with van der Waals surface area (Å²) < 4.78 is 1.77. The Balaban J connectivity index is 0.000000131. The molecular formula is C18H12Br2N2. The van der Waals surface area contributed by atoms with Crippen molar-refractivity contribution < 1.29 is 0 Å². The number of halogens is 2. The van der Waals surface area contributed by atoms with E-state index in [1.165, 1.54) is 10.8 Å². The van der Waals surface area contributed by atoms with Gasteiger partial charge in [0.05, 0.1) is 11.0 Å². The fourth-order valence-corrected chi connectivity index (χ4v) is 2.73. The topological polar surface area (TPSA) is 25.8 Å². The Kier molecular flexibility index (Phi) is 4.80. The summed E-state index contributed by atoms with van der Waals surface area (Å²) in [4.78, 5) is 8.58. The Morgan fingerprint density at radius 3 is 1.36 bits per heavy atom. The number of benzene rings is 2. The van der Waals surface area contributed by atoms with Gasteiger partial charge in [0.25, 0.3) is 0 Å². The molecule has 2 aromatic carbocycles. The number of rotatable bonds is 0. The van der Waals surface area contributed by atoms with E-state index in [9.17, 15) is 0 Å². The standard InChI is InChI=1S/2C9H6BrN/c2*10-9-6-5-7-3-1-2-4-8(7)11-9/h2*1-6H. The molecule has 0 radical (unpaired) electrons. The van der Waals surface area contributed by atoms with Gasteiger partial charge in [-0.05, 0) is 56.1 Å². The molecule has 0 amide bonds. The Hall–Kier alpha value is -1.78. The molecule has 0 N–H and O–H groups in total. The number of nitrogens with zero attached hydrogens (tertiary/aromatic N) is 2. The lowest BCUT2D eigenvalue weighted by molar-refractivity contribution is 1.35. The third-order valence-corrected chi connectivity index (χ3v) is 4.01. The third-order valence-electron chi connectivity index (χ3n) is 3.13. The van der Waals surface area contributed by atoms with Crippen LogP contribution in [-0.2, 0) is 0 Å². The van der Waals surface area contributed by atoms with E-state index in [1.54, 1.807) is 0 Å². The van der Waals surface area contributed by atoms with E-state index in [-0.39, 0.29) is 0 Å². The molecule has 0 unspecified atom stereocenters. The van der Waals surface area contributed by atoms with Crippen molar-refractivity contribution in [1.82, 2.24) is 9.97 Å². The minimum absolute atomic E-state index is 0.885. The molecule has 0 fully saturated rings. The van der Waals surface area contributed by atoms with Gasteiger partial charge in [-0.3, -0.25) is 0 Å². The molecule has 0 aliphatic carbocycles. The lowest BCUT2D eigenvalue weighted by Crippen LogP contribution is -1.77. The monoisotopic (exact) mass is 414 g/mol. The van der Waals surface area contributed by atoms with Crippen LogP contribution in [0, 0.1) is 0 Å². The number of para-hydroxylation sites is 2. The minimum atomic E-state index is 0.885. The molecule has 4 rings (SSSR count). The van der Waals surface area contributed by atoms with E-state index < -0.39 is 0 Å². The molecule has 0 atom stereocenters. The van der Waals surface area contributed by atoms with Crippen LogP contribution in [0.15, 0.2) is 82.0 Å². The maximum Gasteiger partial charge on any atom is 0.106 e. The van der Waals surface area contributed by atoms with Crippen LogP contribution in [0.25, 0.3) is 21.8 Å². The second-order valence-corrected chi connectivity index (χ2v) is 6.28. The zero-order valence-electron chi connectivity index (χ0n) is 11.6. The molecule has 2 nitrogen and oxygen atoms in total. The van der Waals surface area contributed by atoms with Crippen LogP contribution in [0.1, 0.15) is 0 Å². The highest BCUT2D eigenvalue weighted by molar-refractivity contribution is 9.10. The SMILES string of the molecule is Brc1ccc2ccccc2n1.Brc1ccc2ccccc2n1. The Morgan fingerprint density at radius 2 is 0.909 bits per heavy atom. The highest BCUT2D eigenvalue weighted by atomic mass is 79.9. The number of pyridine rings is 2. The van der Waals surface area contributed by atoms with Gasteiger partial charge in [0.15, 0.2) is 0 Å². The second kappa shape index (κ2) is 6.99. The van der Waals surface area contributed by atoms with Gasteiger partial charge in [0.2, 0.25) is 0 Å². The van der Waals surface area contributed by atoms with Gasteiger partial charge in [-0.1, -0.05) is 48.5 Å².